The summed E-state index contributed by atoms with van der Waals surface area (Å²) in [6, 6.07) is 0. The number of aliphatic hydroxyl groups excluding tert-OH is 5. The Balaban J connectivity index is 1.06. The van der Waals surface area contributed by atoms with E-state index in [4.69, 9.17) is 71.1 Å². The largest absolute Gasteiger partial charge is 0.387 e. The quantitative estimate of drug-likeness (QED) is 0.103. The molecule has 7 fully saturated rings. The van der Waals surface area contributed by atoms with Crippen molar-refractivity contribution in [2.24, 2.45) is 0 Å². The molecule has 7 N–H and O–H groups in total. The Labute approximate surface area is 339 Å². The lowest BCUT2D eigenvalue weighted by atomic mass is 9.81. The molecule has 0 aromatic heterocycles. The second kappa shape index (κ2) is 17.4. The van der Waals surface area contributed by atoms with Crippen molar-refractivity contribution in [3.05, 3.63) is 0 Å². The van der Waals surface area contributed by atoms with Crippen LogP contribution >= 0.6 is 0 Å². The number of fused-ring (bicyclic) bond motifs is 3. The van der Waals surface area contributed by atoms with E-state index in [9.17, 15) is 40.5 Å². The smallest absolute Gasteiger partial charge is 0.315 e. The number of aliphatic hydroxyl groups is 7. The molecule has 0 unspecified atom stereocenters. The Morgan fingerprint density at radius 3 is 1.97 bits per heavy atom. The summed E-state index contributed by atoms with van der Waals surface area (Å²) in [6.45, 7) is 6.28. The number of carbonyl (C=O) groups is 1. The Morgan fingerprint density at radius 1 is 0.678 bits per heavy atom. The van der Waals surface area contributed by atoms with Gasteiger partial charge in [0.05, 0.1) is 31.5 Å². The summed E-state index contributed by atoms with van der Waals surface area (Å²) in [6.07, 6.45) is -27.5. The van der Waals surface area contributed by atoms with E-state index in [0.29, 0.717) is 0 Å². The Kier molecular flexibility index (Phi) is 13.5. The van der Waals surface area contributed by atoms with Gasteiger partial charge in [0.1, 0.15) is 91.7 Å². The van der Waals surface area contributed by atoms with Crippen LogP contribution in [0.25, 0.3) is 0 Å². The fraction of sp³-hybridized carbons (Fsp3) is 0.972. The lowest BCUT2D eigenvalue weighted by Gasteiger charge is -2.50. The van der Waals surface area contributed by atoms with E-state index in [1.165, 1.54) is 49.0 Å². The van der Waals surface area contributed by atoms with Gasteiger partial charge < -0.3 is 107 Å². The maximum atomic E-state index is 12.5. The lowest BCUT2D eigenvalue weighted by Crippen LogP contribution is -2.72. The molecule has 0 saturated carbocycles. The second-order valence-corrected chi connectivity index (χ2v) is 16.2. The molecular weight excluding hydrogens is 800 g/mol. The fourth-order valence-electron chi connectivity index (χ4n) is 9.00. The zero-order chi connectivity index (χ0) is 42.9. The van der Waals surface area contributed by atoms with Gasteiger partial charge in [0.25, 0.3) is 0 Å². The van der Waals surface area contributed by atoms with Gasteiger partial charge in [-0.3, -0.25) is 4.79 Å². The highest BCUT2D eigenvalue weighted by Gasteiger charge is 2.72. The van der Waals surface area contributed by atoms with E-state index >= 15 is 0 Å². The van der Waals surface area contributed by atoms with Crippen LogP contribution in [0.5, 0.6) is 0 Å². The van der Waals surface area contributed by atoms with Crippen molar-refractivity contribution in [3.63, 3.8) is 0 Å². The van der Waals surface area contributed by atoms with Gasteiger partial charge in [0.15, 0.2) is 42.6 Å². The molecular formula is C36H58O23. The van der Waals surface area contributed by atoms with Crippen LogP contribution < -0.4 is 0 Å². The molecule has 1 spiro atoms. The van der Waals surface area contributed by atoms with Gasteiger partial charge in [0, 0.05) is 21.3 Å². The Hall–Kier alpha value is -1.21. The van der Waals surface area contributed by atoms with Crippen molar-refractivity contribution in [2.75, 3.05) is 41.3 Å². The zero-order valence-corrected chi connectivity index (χ0v) is 33.9. The van der Waals surface area contributed by atoms with Gasteiger partial charge >= 0.3 is 5.97 Å². The maximum absolute atomic E-state index is 12.5. The lowest BCUT2D eigenvalue weighted by molar-refractivity contribution is -0.428. The molecule has 23 heteroatoms. The first kappa shape index (κ1) is 45.8. The fourth-order valence-corrected chi connectivity index (χ4v) is 9.00. The van der Waals surface area contributed by atoms with Crippen molar-refractivity contribution < 1.29 is 112 Å². The highest BCUT2D eigenvalue weighted by molar-refractivity contribution is 5.86. The number of ketones is 1. The highest BCUT2D eigenvalue weighted by atomic mass is 16.9. The SMILES string of the molecule is COC[C@@H]1O[C@H](O[C@H]2OC[C@H]3O[C@@]4(O[C@H]3[C@@H]2O)O[C@@H](C)[C@](O)(C(C)=O)[C@@H]2OCO[C@@H]24)[C@@H](OC)[C@H](O)[C@H]1O[C@H]1O[C@@H](C)[C@H](OC)[C@@H](O)[C@@H]1O[C@H]1O[C@@H](C)[C@H](O)[C@@](C)(O)[C@@H]1O. The third kappa shape index (κ3) is 7.81. The van der Waals surface area contributed by atoms with E-state index in [0.717, 1.165) is 0 Å². The predicted octanol–water partition coefficient (Wildman–Crippen LogP) is -4.51. The predicted molar refractivity (Wildman–Crippen MR) is 185 cm³/mol. The Morgan fingerprint density at radius 2 is 1.31 bits per heavy atom. The van der Waals surface area contributed by atoms with Gasteiger partial charge in [-0.05, 0) is 34.6 Å². The number of rotatable bonds is 11. The van der Waals surface area contributed by atoms with Crippen LogP contribution in [0.1, 0.15) is 34.6 Å². The number of ether oxygens (including phenoxy) is 15. The molecule has 0 amide bonds. The summed E-state index contributed by atoms with van der Waals surface area (Å²) >= 11 is 0. The minimum Gasteiger partial charge on any atom is -0.387 e. The monoisotopic (exact) mass is 858 g/mol. The van der Waals surface area contributed by atoms with Gasteiger partial charge in [-0.1, -0.05) is 0 Å². The first-order valence-corrected chi connectivity index (χ1v) is 19.6. The summed E-state index contributed by atoms with van der Waals surface area (Å²) in [7, 11) is 4.00. The van der Waals surface area contributed by atoms with Crippen LogP contribution in [-0.4, -0.2) is 229 Å². The van der Waals surface area contributed by atoms with Crippen molar-refractivity contribution >= 4 is 5.78 Å². The summed E-state index contributed by atoms with van der Waals surface area (Å²) < 4.78 is 88.5. The van der Waals surface area contributed by atoms with Gasteiger partial charge in [-0.15, -0.1) is 0 Å². The van der Waals surface area contributed by atoms with Crippen LogP contribution in [0.3, 0.4) is 0 Å². The van der Waals surface area contributed by atoms with Crippen LogP contribution in [0, 0.1) is 0 Å². The van der Waals surface area contributed by atoms with Gasteiger partial charge in [-0.2, -0.15) is 0 Å². The van der Waals surface area contributed by atoms with Crippen molar-refractivity contribution in [1.82, 2.24) is 0 Å². The van der Waals surface area contributed by atoms with E-state index < -0.39 is 152 Å². The molecule has 7 aliphatic rings. The minimum absolute atomic E-state index is 0.192. The van der Waals surface area contributed by atoms with Crippen molar-refractivity contribution in [1.29, 1.82) is 0 Å². The molecule has 59 heavy (non-hydrogen) atoms. The summed E-state index contributed by atoms with van der Waals surface area (Å²) in [5.41, 5.74) is -4.13. The van der Waals surface area contributed by atoms with Crippen molar-refractivity contribution in [3.8, 4) is 0 Å². The summed E-state index contributed by atoms with van der Waals surface area (Å²) in [5, 5.41) is 78.4. The number of carbonyl (C=O) groups excluding carboxylic acids is 1. The second-order valence-electron chi connectivity index (χ2n) is 16.2. The molecule has 7 rings (SSSR count). The summed E-state index contributed by atoms with van der Waals surface area (Å²) in [4.78, 5) is 12.5. The highest BCUT2D eigenvalue weighted by Crippen LogP contribution is 2.49. The number of Topliss-reactive ketones (excluding diaryl/α,β-unsaturated/α-hetero) is 1. The molecule has 7 aliphatic heterocycles. The Bertz CT molecular complexity index is 1460. The number of hydrogen-bond acceptors (Lipinski definition) is 23. The normalized spacial score (nSPS) is 55.2. The zero-order valence-electron chi connectivity index (χ0n) is 33.9. The number of methoxy groups -OCH3 is 3. The summed E-state index contributed by atoms with van der Waals surface area (Å²) in [5.74, 6) is -2.60. The molecule has 23 nitrogen and oxygen atoms in total. The third-order valence-electron chi connectivity index (χ3n) is 12.4. The average molecular weight is 859 g/mol. The van der Waals surface area contributed by atoms with Crippen LogP contribution in [-0.2, 0) is 75.8 Å². The number of hydrogen-bond donors (Lipinski definition) is 7. The van der Waals surface area contributed by atoms with E-state index in [2.05, 4.69) is 0 Å². The molecule has 0 aromatic rings. The molecule has 0 bridgehead atoms. The van der Waals surface area contributed by atoms with E-state index in [-0.39, 0.29) is 20.0 Å². The van der Waals surface area contributed by atoms with Crippen LogP contribution in [0.15, 0.2) is 0 Å². The molecule has 0 aromatic carbocycles. The van der Waals surface area contributed by atoms with Gasteiger partial charge in [0.2, 0.25) is 0 Å². The first-order valence-electron chi connectivity index (χ1n) is 19.6. The first-order chi connectivity index (χ1) is 27.8. The minimum atomic E-state index is -2.07. The van der Waals surface area contributed by atoms with Crippen LogP contribution in [0.2, 0.25) is 0 Å². The standard InChI is InChI=1S/C36H58O23/c1-12-21(46-7)18(38)25(55-33-27(42)34(5,43)26(41)13(2)52-33)32(51-12)54-22-16(9-45-6)53-31(24(47-8)19(22)39)56-30-20(40)23-17(10-48-30)58-36(59-23)29-28(49-11-50-29)35(44,14(3)37)15(4)57-36/h12-13,15-33,38-44H,9-11H2,1-8H3/t12-,13-,15-,16-,17+,18+,19+,20-,21-,22-,23+,24-,25-,26-,27+,28+,29-,30+,31+,32+,33+,34+,35+,36-/m0/s1. The molecule has 7 heterocycles. The maximum Gasteiger partial charge on any atom is 0.315 e. The van der Waals surface area contributed by atoms with E-state index in [1.54, 1.807) is 6.92 Å². The van der Waals surface area contributed by atoms with E-state index in [1.807, 2.05) is 0 Å². The van der Waals surface area contributed by atoms with Gasteiger partial charge in [-0.25, -0.2) is 0 Å². The van der Waals surface area contributed by atoms with Crippen LogP contribution in [0.4, 0.5) is 0 Å². The molecule has 7 saturated heterocycles. The van der Waals surface area contributed by atoms with Crippen molar-refractivity contribution in [2.45, 2.75) is 181 Å². The molecule has 340 valence electrons. The average Bonchev–Trinajstić information content (AvgIpc) is 3.84. The molecule has 0 aliphatic carbocycles. The molecule has 24 atom stereocenters. The third-order valence-corrected chi connectivity index (χ3v) is 12.4. The molecule has 0 radical (unpaired) electrons. The topological polar surface area (TPSA) is 297 Å².